The van der Waals surface area contributed by atoms with Gasteiger partial charge in [-0.15, -0.1) is 0 Å². The van der Waals surface area contributed by atoms with Crippen molar-refractivity contribution >= 4 is 11.6 Å². The number of rotatable bonds is 4. The summed E-state index contributed by atoms with van der Waals surface area (Å²) in [4.78, 5) is 12.5. The van der Waals surface area contributed by atoms with Crippen LogP contribution in [0.1, 0.15) is 46.8 Å². The molecule has 0 radical (unpaired) electrons. The second kappa shape index (κ2) is 4.97. The van der Waals surface area contributed by atoms with Gasteiger partial charge >= 0.3 is 0 Å². The normalized spacial score (nSPS) is 23.4. The molecule has 22 heavy (non-hydrogen) atoms. The van der Waals surface area contributed by atoms with E-state index < -0.39 is 0 Å². The van der Waals surface area contributed by atoms with Crippen LogP contribution < -0.4 is 5.32 Å². The first kappa shape index (κ1) is 13.6. The van der Waals surface area contributed by atoms with Gasteiger partial charge < -0.3 is 5.32 Å². The zero-order chi connectivity index (χ0) is 15.3. The van der Waals surface area contributed by atoms with Crippen LogP contribution in [0.2, 0.25) is 0 Å². The Morgan fingerprint density at radius 3 is 2.77 bits per heavy atom. The van der Waals surface area contributed by atoms with Gasteiger partial charge in [0, 0.05) is 18.9 Å². The number of para-hydroxylation sites is 1. The average Bonchev–Trinajstić information content (AvgIpc) is 3.36. The van der Waals surface area contributed by atoms with Crippen molar-refractivity contribution in [3.05, 3.63) is 47.3 Å². The standard InChI is InChI=1S/C18H21N3O/c1-11-16(10-21(2)20-11)18(22)19-17-6-4-3-5-13(17)15-9-14(15)12-7-8-12/h3-6,10,12,14-15H,7-9H2,1-2H3,(H,19,22)/t14?,15-/m0/s1. The average molecular weight is 295 g/mol. The Labute approximate surface area is 130 Å². The van der Waals surface area contributed by atoms with E-state index in [0.29, 0.717) is 11.5 Å². The zero-order valence-corrected chi connectivity index (χ0v) is 13.0. The number of benzene rings is 1. The van der Waals surface area contributed by atoms with E-state index in [0.717, 1.165) is 23.2 Å². The largest absolute Gasteiger partial charge is 0.322 e. The molecule has 2 fully saturated rings. The summed E-state index contributed by atoms with van der Waals surface area (Å²) >= 11 is 0. The molecule has 0 bridgehead atoms. The van der Waals surface area contributed by atoms with E-state index in [4.69, 9.17) is 0 Å². The van der Waals surface area contributed by atoms with Gasteiger partial charge in [0.25, 0.3) is 5.91 Å². The van der Waals surface area contributed by atoms with Crippen LogP contribution in [0.3, 0.4) is 0 Å². The van der Waals surface area contributed by atoms with Gasteiger partial charge in [0.2, 0.25) is 0 Å². The maximum absolute atomic E-state index is 12.5. The van der Waals surface area contributed by atoms with Gasteiger partial charge in [-0.1, -0.05) is 18.2 Å². The molecule has 1 unspecified atom stereocenters. The summed E-state index contributed by atoms with van der Waals surface area (Å²) in [7, 11) is 1.84. The molecule has 4 nitrogen and oxygen atoms in total. The maximum Gasteiger partial charge on any atom is 0.259 e. The Bertz CT molecular complexity index is 730. The highest BCUT2D eigenvalue weighted by atomic mass is 16.1. The topological polar surface area (TPSA) is 46.9 Å². The van der Waals surface area contributed by atoms with Crippen molar-refractivity contribution in [3.8, 4) is 0 Å². The number of nitrogens with one attached hydrogen (secondary N) is 1. The summed E-state index contributed by atoms with van der Waals surface area (Å²) < 4.78 is 1.68. The van der Waals surface area contributed by atoms with Crippen molar-refractivity contribution in [2.45, 2.75) is 32.1 Å². The van der Waals surface area contributed by atoms with Crippen molar-refractivity contribution in [1.29, 1.82) is 0 Å². The lowest BCUT2D eigenvalue weighted by Crippen LogP contribution is -2.13. The first-order chi connectivity index (χ1) is 10.6. The molecule has 4 rings (SSSR count). The molecule has 1 heterocycles. The maximum atomic E-state index is 12.5. The Morgan fingerprint density at radius 2 is 2.09 bits per heavy atom. The van der Waals surface area contributed by atoms with Crippen LogP contribution in [0.5, 0.6) is 0 Å². The molecule has 1 amide bonds. The SMILES string of the molecule is Cc1nn(C)cc1C(=O)Nc1ccccc1[C@@H]1CC1C1CC1. The number of nitrogens with zero attached hydrogens (tertiary/aromatic N) is 2. The highest BCUT2D eigenvalue weighted by Gasteiger charge is 2.48. The zero-order valence-electron chi connectivity index (χ0n) is 13.0. The van der Waals surface area contributed by atoms with E-state index in [1.54, 1.807) is 10.9 Å². The van der Waals surface area contributed by atoms with Crippen molar-refractivity contribution in [2.24, 2.45) is 18.9 Å². The highest BCUT2D eigenvalue weighted by molar-refractivity contribution is 6.05. The molecule has 1 aromatic heterocycles. The molecule has 2 saturated carbocycles. The van der Waals surface area contributed by atoms with Crippen molar-refractivity contribution in [1.82, 2.24) is 9.78 Å². The molecule has 2 aromatic rings. The van der Waals surface area contributed by atoms with Gasteiger partial charge in [-0.25, -0.2) is 0 Å². The second-order valence-electron chi connectivity index (χ2n) is 6.69. The summed E-state index contributed by atoms with van der Waals surface area (Å²) in [6, 6.07) is 8.24. The Kier molecular flexibility index (Phi) is 3.06. The number of hydrogen-bond acceptors (Lipinski definition) is 2. The van der Waals surface area contributed by atoms with E-state index in [-0.39, 0.29) is 5.91 Å². The van der Waals surface area contributed by atoms with Crippen LogP contribution in [0, 0.1) is 18.8 Å². The molecule has 0 spiro atoms. The first-order valence-electron chi connectivity index (χ1n) is 8.04. The molecule has 2 aliphatic rings. The predicted octanol–water partition coefficient (Wildman–Crippen LogP) is 3.49. The summed E-state index contributed by atoms with van der Waals surface area (Å²) in [5.41, 5.74) is 3.67. The quantitative estimate of drug-likeness (QED) is 0.938. The Balaban J connectivity index is 1.55. The number of hydrogen-bond donors (Lipinski definition) is 1. The number of amides is 1. The molecular weight excluding hydrogens is 274 g/mol. The molecule has 114 valence electrons. The van der Waals surface area contributed by atoms with E-state index >= 15 is 0 Å². The fourth-order valence-corrected chi connectivity index (χ4v) is 3.56. The smallest absolute Gasteiger partial charge is 0.259 e. The number of carbonyl (C=O) groups excluding carboxylic acids is 1. The predicted molar refractivity (Wildman–Crippen MR) is 85.9 cm³/mol. The van der Waals surface area contributed by atoms with Gasteiger partial charge in [0.05, 0.1) is 11.3 Å². The third-order valence-corrected chi connectivity index (χ3v) is 4.93. The molecular formula is C18H21N3O. The fourth-order valence-electron chi connectivity index (χ4n) is 3.56. The van der Waals surface area contributed by atoms with E-state index in [9.17, 15) is 4.79 Å². The molecule has 4 heteroatoms. The van der Waals surface area contributed by atoms with Gasteiger partial charge in [0.1, 0.15) is 0 Å². The molecule has 2 aliphatic carbocycles. The van der Waals surface area contributed by atoms with Gasteiger partial charge in [-0.3, -0.25) is 9.48 Å². The minimum Gasteiger partial charge on any atom is -0.322 e. The number of anilines is 1. The molecule has 0 saturated heterocycles. The van der Waals surface area contributed by atoms with E-state index in [1.165, 1.54) is 24.8 Å². The summed E-state index contributed by atoms with van der Waals surface area (Å²) in [6.07, 6.45) is 5.84. The minimum atomic E-state index is -0.0679. The second-order valence-corrected chi connectivity index (χ2v) is 6.69. The molecule has 2 atom stereocenters. The third-order valence-electron chi connectivity index (χ3n) is 4.93. The number of aromatic nitrogens is 2. The Morgan fingerprint density at radius 1 is 1.32 bits per heavy atom. The van der Waals surface area contributed by atoms with Crippen LogP contribution in [0.25, 0.3) is 0 Å². The van der Waals surface area contributed by atoms with Crippen LogP contribution >= 0.6 is 0 Å². The van der Waals surface area contributed by atoms with Crippen molar-refractivity contribution in [3.63, 3.8) is 0 Å². The van der Waals surface area contributed by atoms with Crippen molar-refractivity contribution in [2.75, 3.05) is 5.32 Å². The van der Waals surface area contributed by atoms with Gasteiger partial charge in [-0.05, 0) is 55.6 Å². The minimum absolute atomic E-state index is 0.0679. The van der Waals surface area contributed by atoms with Gasteiger partial charge in [-0.2, -0.15) is 5.10 Å². The molecule has 1 aromatic carbocycles. The third kappa shape index (κ3) is 2.43. The lowest BCUT2D eigenvalue weighted by atomic mass is 10.0. The van der Waals surface area contributed by atoms with Crippen molar-refractivity contribution < 1.29 is 4.79 Å². The van der Waals surface area contributed by atoms with E-state index in [1.807, 2.05) is 26.1 Å². The molecule has 1 N–H and O–H groups in total. The fraction of sp³-hybridized carbons (Fsp3) is 0.444. The van der Waals surface area contributed by atoms with Crippen LogP contribution in [-0.2, 0) is 7.05 Å². The summed E-state index contributed by atoms with van der Waals surface area (Å²) in [5, 5.41) is 7.33. The van der Waals surface area contributed by atoms with Crippen LogP contribution in [0.4, 0.5) is 5.69 Å². The highest BCUT2D eigenvalue weighted by Crippen LogP contribution is 2.60. The van der Waals surface area contributed by atoms with Gasteiger partial charge in [0.15, 0.2) is 0 Å². The summed E-state index contributed by atoms with van der Waals surface area (Å²) in [5.74, 6) is 2.35. The number of carbonyl (C=O) groups is 1. The number of aryl methyl sites for hydroxylation is 2. The monoisotopic (exact) mass is 295 g/mol. The van der Waals surface area contributed by atoms with Crippen LogP contribution in [-0.4, -0.2) is 15.7 Å². The molecule has 0 aliphatic heterocycles. The lowest BCUT2D eigenvalue weighted by molar-refractivity contribution is 0.102. The van der Waals surface area contributed by atoms with Crippen LogP contribution in [0.15, 0.2) is 30.5 Å². The Hall–Kier alpha value is -2.10. The van der Waals surface area contributed by atoms with E-state index in [2.05, 4.69) is 22.5 Å². The summed E-state index contributed by atoms with van der Waals surface area (Å²) in [6.45, 7) is 1.87. The first-order valence-corrected chi connectivity index (χ1v) is 8.04. The lowest BCUT2D eigenvalue weighted by Gasteiger charge is -2.10.